The summed E-state index contributed by atoms with van der Waals surface area (Å²) < 4.78 is 10.3. The monoisotopic (exact) mass is 282 g/mol. The van der Waals surface area contributed by atoms with Gasteiger partial charge in [-0.25, -0.2) is 0 Å². The van der Waals surface area contributed by atoms with Crippen molar-refractivity contribution in [1.29, 1.82) is 0 Å². The van der Waals surface area contributed by atoms with Crippen molar-refractivity contribution >= 4 is 0 Å². The molecule has 0 spiro atoms. The Kier molecular flexibility index (Phi) is 5.99. The van der Waals surface area contributed by atoms with Gasteiger partial charge in [-0.3, -0.25) is 0 Å². The van der Waals surface area contributed by atoms with Gasteiger partial charge in [-0.05, 0) is 44.1 Å². The minimum atomic E-state index is -0.933. The maximum atomic E-state index is 10.5. The van der Waals surface area contributed by atoms with E-state index < -0.39 is 5.60 Å². The van der Waals surface area contributed by atoms with E-state index in [0.29, 0.717) is 6.42 Å². The normalized spacial score (nSPS) is 22.6. The van der Waals surface area contributed by atoms with E-state index in [2.05, 4.69) is 26.8 Å². The van der Waals surface area contributed by atoms with Crippen molar-refractivity contribution < 1.29 is 14.6 Å². The second kappa shape index (κ2) is 6.88. The lowest BCUT2D eigenvalue weighted by molar-refractivity contribution is -0.131. The number of hydrogen-bond acceptors (Lipinski definition) is 3. The van der Waals surface area contributed by atoms with Gasteiger partial charge in [0, 0.05) is 20.6 Å². The number of ether oxygens (including phenoxy) is 2. The molecule has 116 valence electrons. The molecule has 20 heavy (non-hydrogen) atoms. The Labute approximate surface area is 123 Å². The molecule has 3 heteroatoms. The maximum Gasteiger partial charge on any atom is 0.159 e. The Hall–Kier alpha value is -0.640. The second-order valence-corrected chi connectivity index (χ2v) is 6.73. The Balaban J connectivity index is 2.84. The molecule has 0 fully saturated rings. The summed E-state index contributed by atoms with van der Waals surface area (Å²) in [6.45, 7) is 8.54. The number of methoxy groups -OCH3 is 2. The number of hydrogen-bond donors (Lipinski definition) is 1. The summed E-state index contributed by atoms with van der Waals surface area (Å²) in [6, 6.07) is 0. The van der Waals surface area contributed by atoms with Crippen LogP contribution < -0.4 is 0 Å². The first-order valence-electron chi connectivity index (χ1n) is 7.39. The van der Waals surface area contributed by atoms with Crippen LogP contribution in [0, 0.1) is 5.41 Å². The van der Waals surface area contributed by atoms with Crippen LogP contribution in [0.3, 0.4) is 0 Å². The van der Waals surface area contributed by atoms with E-state index in [1.54, 1.807) is 21.1 Å². The number of allylic oxidation sites excluding steroid dienone is 3. The molecule has 0 saturated carbocycles. The van der Waals surface area contributed by atoms with Crippen LogP contribution in [0.2, 0.25) is 0 Å². The van der Waals surface area contributed by atoms with Gasteiger partial charge >= 0.3 is 0 Å². The summed E-state index contributed by atoms with van der Waals surface area (Å²) in [5.41, 5.74) is 2.05. The third kappa shape index (κ3) is 4.72. The van der Waals surface area contributed by atoms with Crippen molar-refractivity contribution in [1.82, 2.24) is 0 Å². The third-order valence-electron chi connectivity index (χ3n) is 4.26. The highest BCUT2D eigenvalue weighted by atomic mass is 16.7. The van der Waals surface area contributed by atoms with Crippen LogP contribution in [0.25, 0.3) is 0 Å². The van der Waals surface area contributed by atoms with E-state index in [0.717, 1.165) is 6.42 Å². The predicted octanol–water partition coefficient (Wildman–Crippen LogP) is 3.83. The van der Waals surface area contributed by atoms with Gasteiger partial charge in [-0.15, -0.1) is 0 Å². The molecule has 1 aliphatic carbocycles. The minimum Gasteiger partial charge on any atom is -0.386 e. The van der Waals surface area contributed by atoms with Crippen molar-refractivity contribution in [2.24, 2.45) is 5.41 Å². The average molecular weight is 282 g/mol. The van der Waals surface area contributed by atoms with Crippen molar-refractivity contribution in [3.8, 4) is 0 Å². The molecule has 1 rings (SSSR count). The van der Waals surface area contributed by atoms with Crippen molar-refractivity contribution in [3.05, 3.63) is 23.3 Å². The second-order valence-electron chi connectivity index (χ2n) is 6.73. The van der Waals surface area contributed by atoms with Gasteiger partial charge in [0.15, 0.2) is 6.29 Å². The van der Waals surface area contributed by atoms with Crippen molar-refractivity contribution in [2.75, 3.05) is 14.2 Å². The standard InChI is InChI=1S/C17H30O3/c1-13-8-7-10-16(2,3)14(13)9-11-17(4,18)12-15(19-5)20-6/h9,11,15,18H,7-8,10,12H2,1-6H3/b11-9+. The Morgan fingerprint density at radius 3 is 2.45 bits per heavy atom. The van der Waals surface area contributed by atoms with Crippen LogP contribution in [0.5, 0.6) is 0 Å². The SMILES string of the molecule is COC(CC(C)(O)/C=C/C1=C(C)CCCC1(C)C)OC. The Morgan fingerprint density at radius 2 is 1.95 bits per heavy atom. The lowest BCUT2D eigenvalue weighted by Crippen LogP contribution is -2.30. The molecule has 1 N–H and O–H groups in total. The van der Waals surface area contributed by atoms with Gasteiger partial charge in [-0.2, -0.15) is 0 Å². The fourth-order valence-corrected chi connectivity index (χ4v) is 2.94. The van der Waals surface area contributed by atoms with E-state index in [-0.39, 0.29) is 11.7 Å². The molecule has 0 amide bonds. The number of aliphatic hydroxyl groups is 1. The van der Waals surface area contributed by atoms with Crippen molar-refractivity contribution in [3.63, 3.8) is 0 Å². The lowest BCUT2D eigenvalue weighted by Gasteiger charge is -2.33. The highest BCUT2D eigenvalue weighted by molar-refractivity contribution is 5.33. The minimum absolute atomic E-state index is 0.191. The zero-order valence-electron chi connectivity index (χ0n) is 13.8. The van der Waals surface area contributed by atoms with Gasteiger partial charge in [0.2, 0.25) is 0 Å². The first kappa shape index (κ1) is 17.4. The molecule has 1 unspecified atom stereocenters. The first-order valence-corrected chi connectivity index (χ1v) is 7.39. The van der Waals surface area contributed by atoms with Crippen LogP contribution in [0.15, 0.2) is 23.3 Å². The van der Waals surface area contributed by atoms with E-state index >= 15 is 0 Å². The number of rotatable bonds is 6. The van der Waals surface area contributed by atoms with Crippen LogP contribution in [0.1, 0.15) is 53.4 Å². The molecule has 0 heterocycles. The maximum absolute atomic E-state index is 10.5. The molecule has 0 aromatic carbocycles. The smallest absolute Gasteiger partial charge is 0.159 e. The summed E-state index contributed by atoms with van der Waals surface area (Å²) >= 11 is 0. The molecule has 0 aromatic rings. The fourth-order valence-electron chi connectivity index (χ4n) is 2.94. The van der Waals surface area contributed by atoms with Crippen LogP contribution in [-0.2, 0) is 9.47 Å². The highest BCUT2D eigenvalue weighted by Crippen LogP contribution is 2.41. The molecular weight excluding hydrogens is 252 g/mol. The summed E-state index contributed by atoms with van der Waals surface area (Å²) in [4.78, 5) is 0. The molecule has 0 radical (unpaired) electrons. The van der Waals surface area contributed by atoms with Gasteiger partial charge in [0.1, 0.15) is 0 Å². The predicted molar refractivity (Wildman–Crippen MR) is 82.5 cm³/mol. The molecule has 1 aliphatic rings. The highest BCUT2D eigenvalue weighted by Gasteiger charge is 2.28. The van der Waals surface area contributed by atoms with Gasteiger partial charge < -0.3 is 14.6 Å². The molecular formula is C17H30O3. The third-order valence-corrected chi connectivity index (χ3v) is 4.26. The summed E-state index contributed by atoms with van der Waals surface area (Å²) in [5.74, 6) is 0. The van der Waals surface area contributed by atoms with Crippen molar-refractivity contribution in [2.45, 2.75) is 65.3 Å². The molecule has 1 atom stereocenters. The molecule has 3 nitrogen and oxygen atoms in total. The Bertz CT molecular complexity index is 374. The fraction of sp³-hybridized carbons (Fsp3) is 0.765. The average Bonchev–Trinajstić information content (AvgIpc) is 2.34. The zero-order chi connectivity index (χ0) is 15.4. The quantitative estimate of drug-likeness (QED) is 0.752. The summed E-state index contributed by atoms with van der Waals surface area (Å²) in [5, 5.41) is 10.5. The first-order chi connectivity index (χ1) is 9.22. The molecule has 0 aromatic heterocycles. The van der Waals surface area contributed by atoms with E-state index in [1.165, 1.54) is 24.0 Å². The zero-order valence-corrected chi connectivity index (χ0v) is 13.8. The topological polar surface area (TPSA) is 38.7 Å². The van der Waals surface area contributed by atoms with Gasteiger partial charge in [0.05, 0.1) is 5.60 Å². The Morgan fingerprint density at radius 1 is 1.35 bits per heavy atom. The lowest BCUT2D eigenvalue weighted by atomic mass is 9.72. The van der Waals surface area contributed by atoms with Crippen LogP contribution in [-0.4, -0.2) is 31.2 Å². The van der Waals surface area contributed by atoms with Crippen LogP contribution in [0.4, 0.5) is 0 Å². The molecule has 0 saturated heterocycles. The summed E-state index contributed by atoms with van der Waals surface area (Å²) in [7, 11) is 3.18. The van der Waals surface area contributed by atoms with E-state index in [9.17, 15) is 5.11 Å². The van der Waals surface area contributed by atoms with Gasteiger partial charge in [-0.1, -0.05) is 31.6 Å². The van der Waals surface area contributed by atoms with Gasteiger partial charge in [0.25, 0.3) is 0 Å². The molecule has 0 bridgehead atoms. The van der Waals surface area contributed by atoms with E-state index in [4.69, 9.17) is 9.47 Å². The van der Waals surface area contributed by atoms with E-state index in [1.807, 2.05) is 6.08 Å². The van der Waals surface area contributed by atoms with Crippen LogP contribution >= 0.6 is 0 Å². The summed E-state index contributed by atoms with van der Waals surface area (Å²) in [6.07, 6.45) is 7.62. The largest absolute Gasteiger partial charge is 0.386 e. The molecule has 0 aliphatic heterocycles.